The summed E-state index contributed by atoms with van der Waals surface area (Å²) in [6.45, 7) is 4.30. The zero-order valence-electron chi connectivity index (χ0n) is 14.7. The molecule has 0 spiro atoms. The van der Waals surface area contributed by atoms with Crippen molar-refractivity contribution in [3.8, 4) is 11.4 Å². The van der Waals surface area contributed by atoms with E-state index in [-0.39, 0.29) is 5.25 Å². The van der Waals surface area contributed by atoms with Crippen LogP contribution in [0.15, 0.2) is 56.8 Å². The van der Waals surface area contributed by atoms with Gasteiger partial charge < -0.3 is 8.94 Å². The Balaban J connectivity index is 1.69. The van der Waals surface area contributed by atoms with Crippen LogP contribution < -0.4 is 0 Å². The van der Waals surface area contributed by atoms with Gasteiger partial charge in [-0.05, 0) is 50.2 Å². The molecule has 3 heterocycles. The van der Waals surface area contributed by atoms with Gasteiger partial charge >= 0.3 is 0 Å². The normalized spacial score (nSPS) is 12.4. The topological polar surface area (TPSA) is 82.8 Å². The van der Waals surface area contributed by atoms with Gasteiger partial charge in [-0.2, -0.15) is 4.98 Å². The summed E-state index contributed by atoms with van der Waals surface area (Å²) in [7, 11) is 0. The lowest BCUT2D eigenvalue weighted by atomic mass is 10.2. The number of aromatic nitrogens is 5. The molecule has 0 aliphatic carbocycles. The molecule has 0 amide bonds. The molecule has 7 nitrogen and oxygen atoms in total. The summed E-state index contributed by atoms with van der Waals surface area (Å²) in [5, 5.41) is 14.0. The third-order valence-electron chi connectivity index (χ3n) is 3.89. The second-order valence-corrected chi connectivity index (χ2v) is 7.66. The van der Waals surface area contributed by atoms with Gasteiger partial charge in [0, 0.05) is 10.6 Å². The highest BCUT2D eigenvalue weighted by atomic mass is 35.5. The van der Waals surface area contributed by atoms with Gasteiger partial charge in [-0.1, -0.05) is 28.5 Å². The van der Waals surface area contributed by atoms with Crippen LogP contribution in [0.2, 0.25) is 5.02 Å². The third kappa shape index (κ3) is 3.91. The third-order valence-corrected chi connectivity index (χ3v) is 5.21. The monoisotopic (exact) mass is 401 g/mol. The Bertz CT molecular complexity index is 1030. The Morgan fingerprint density at radius 3 is 2.67 bits per heavy atom. The van der Waals surface area contributed by atoms with Crippen molar-refractivity contribution in [3.63, 3.8) is 0 Å². The molecule has 3 aromatic heterocycles. The lowest BCUT2D eigenvalue weighted by Crippen LogP contribution is -2.04. The predicted octanol–water partition coefficient (Wildman–Crippen LogP) is 4.78. The standard InChI is InChI=1S/C18H16ClN5O2S/c1-11(17-20-12(2)23-26-17)27-18-22-21-16(13-5-7-14(19)8-6-13)24(18)10-15-4-3-9-25-15/h3-9,11H,10H2,1-2H3. The van der Waals surface area contributed by atoms with Crippen LogP contribution in [0, 0.1) is 6.92 Å². The van der Waals surface area contributed by atoms with Gasteiger partial charge in [0.25, 0.3) is 0 Å². The van der Waals surface area contributed by atoms with Gasteiger partial charge in [0.2, 0.25) is 5.89 Å². The molecule has 0 saturated heterocycles. The molecule has 1 atom stereocenters. The molecule has 0 saturated carbocycles. The maximum Gasteiger partial charge on any atom is 0.239 e. The van der Waals surface area contributed by atoms with Crippen LogP contribution >= 0.6 is 23.4 Å². The van der Waals surface area contributed by atoms with E-state index in [1.165, 1.54) is 11.8 Å². The number of hydrogen-bond donors (Lipinski definition) is 0. The van der Waals surface area contributed by atoms with E-state index >= 15 is 0 Å². The molecule has 0 fully saturated rings. The quantitative estimate of drug-likeness (QED) is 0.429. The van der Waals surface area contributed by atoms with Crippen molar-refractivity contribution >= 4 is 23.4 Å². The highest BCUT2D eigenvalue weighted by Crippen LogP contribution is 2.35. The fourth-order valence-electron chi connectivity index (χ4n) is 2.58. The van der Waals surface area contributed by atoms with E-state index < -0.39 is 0 Å². The first kappa shape index (κ1) is 17.8. The summed E-state index contributed by atoms with van der Waals surface area (Å²) >= 11 is 7.52. The number of hydrogen-bond acceptors (Lipinski definition) is 7. The molecule has 0 aliphatic rings. The lowest BCUT2D eigenvalue weighted by molar-refractivity contribution is 0.376. The first-order valence-electron chi connectivity index (χ1n) is 8.28. The Labute approximate surface area is 164 Å². The zero-order valence-corrected chi connectivity index (χ0v) is 16.2. The molecule has 0 aliphatic heterocycles. The number of rotatable bonds is 6. The van der Waals surface area contributed by atoms with E-state index in [4.69, 9.17) is 20.5 Å². The van der Waals surface area contributed by atoms with E-state index in [0.29, 0.717) is 23.3 Å². The number of aryl methyl sites for hydroxylation is 1. The Morgan fingerprint density at radius 2 is 2.00 bits per heavy atom. The highest BCUT2D eigenvalue weighted by molar-refractivity contribution is 7.99. The van der Waals surface area contributed by atoms with Gasteiger partial charge in [0.1, 0.15) is 5.76 Å². The van der Waals surface area contributed by atoms with Crippen LogP contribution in [0.25, 0.3) is 11.4 Å². The summed E-state index contributed by atoms with van der Waals surface area (Å²) < 4.78 is 12.8. The number of nitrogens with zero attached hydrogens (tertiary/aromatic N) is 5. The largest absolute Gasteiger partial charge is 0.467 e. The molecular formula is C18H16ClN5O2S. The second kappa shape index (κ2) is 7.58. The van der Waals surface area contributed by atoms with Gasteiger partial charge in [-0.15, -0.1) is 10.2 Å². The van der Waals surface area contributed by atoms with Crippen LogP contribution in [0.1, 0.15) is 29.6 Å². The first-order valence-corrected chi connectivity index (χ1v) is 9.54. The van der Waals surface area contributed by atoms with E-state index in [2.05, 4.69) is 20.3 Å². The van der Waals surface area contributed by atoms with Gasteiger partial charge in [-0.3, -0.25) is 4.57 Å². The van der Waals surface area contributed by atoms with Crippen molar-refractivity contribution in [1.29, 1.82) is 0 Å². The van der Waals surface area contributed by atoms with Crippen molar-refractivity contribution in [3.05, 3.63) is 65.2 Å². The molecule has 27 heavy (non-hydrogen) atoms. The number of halogens is 1. The van der Waals surface area contributed by atoms with E-state index in [0.717, 1.165) is 22.3 Å². The van der Waals surface area contributed by atoms with E-state index in [1.807, 2.05) is 47.9 Å². The fourth-order valence-corrected chi connectivity index (χ4v) is 3.58. The van der Waals surface area contributed by atoms with Crippen LogP contribution in [0.4, 0.5) is 0 Å². The molecule has 1 unspecified atom stereocenters. The molecule has 0 radical (unpaired) electrons. The SMILES string of the molecule is Cc1noc(C(C)Sc2nnc(-c3ccc(Cl)cc3)n2Cc2ccco2)n1. The van der Waals surface area contributed by atoms with Crippen LogP contribution in [0.3, 0.4) is 0 Å². The van der Waals surface area contributed by atoms with Crippen molar-refractivity contribution in [2.24, 2.45) is 0 Å². The van der Waals surface area contributed by atoms with Gasteiger partial charge in [-0.25, -0.2) is 0 Å². The molecule has 4 aromatic rings. The smallest absolute Gasteiger partial charge is 0.239 e. The molecule has 0 N–H and O–H groups in total. The molecule has 4 rings (SSSR count). The van der Waals surface area contributed by atoms with Crippen LogP contribution in [-0.4, -0.2) is 24.9 Å². The first-order chi connectivity index (χ1) is 13.1. The highest BCUT2D eigenvalue weighted by Gasteiger charge is 2.21. The minimum Gasteiger partial charge on any atom is -0.467 e. The molecule has 9 heteroatoms. The maximum absolute atomic E-state index is 6.01. The molecular weight excluding hydrogens is 386 g/mol. The molecule has 0 bridgehead atoms. The minimum atomic E-state index is -0.0659. The summed E-state index contributed by atoms with van der Waals surface area (Å²) in [6, 6.07) is 11.3. The minimum absolute atomic E-state index is 0.0659. The molecule has 1 aromatic carbocycles. The summed E-state index contributed by atoms with van der Waals surface area (Å²) in [4.78, 5) is 4.30. The summed E-state index contributed by atoms with van der Waals surface area (Å²) in [5.74, 6) is 2.71. The zero-order chi connectivity index (χ0) is 18.8. The van der Waals surface area contributed by atoms with Gasteiger partial charge in [0.05, 0.1) is 18.1 Å². The summed E-state index contributed by atoms with van der Waals surface area (Å²) in [6.07, 6.45) is 1.65. The average molecular weight is 402 g/mol. The van der Waals surface area contributed by atoms with Crippen molar-refractivity contribution < 1.29 is 8.94 Å². The predicted molar refractivity (Wildman–Crippen MR) is 102 cm³/mol. The maximum atomic E-state index is 6.01. The number of benzene rings is 1. The van der Waals surface area contributed by atoms with Gasteiger partial charge in [0.15, 0.2) is 16.8 Å². The van der Waals surface area contributed by atoms with Crippen molar-refractivity contribution in [2.45, 2.75) is 30.8 Å². The lowest BCUT2D eigenvalue weighted by Gasteiger charge is -2.10. The van der Waals surface area contributed by atoms with E-state index in [9.17, 15) is 0 Å². The Kier molecular flexibility index (Phi) is 5.00. The summed E-state index contributed by atoms with van der Waals surface area (Å²) in [5.41, 5.74) is 0.923. The molecule has 138 valence electrons. The fraction of sp³-hybridized carbons (Fsp3) is 0.222. The number of furan rings is 1. The Hall–Kier alpha value is -2.58. The van der Waals surface area contributed by atoms with E-state index in [1.54, 1.807) is 13.2 Å². The van der Waals surface area contributed by atoms with Crippen molar-refractivity contribution in [1.82, 2.24) is 24.9 Å². The van der Waals surface area contributed by atoms with Crippen LogP contribution in [-0.2, 0) is 6.54 Å². The van der Waals surface area contributed by atoms with Crippen molar-refractivity contribution in [2.75, 3.05) is 0 Å². The number of thioether (sulfide) groups is 1. The second-order valence-electron chi connectivity index (χ2n) is 5.92. The van der Waals surface area contributed by atoms with Crippen LogP contribution in [0.5, 0.6) is 0 Å². The Morgan fingerprint density at radius 1 is 1.19 bits per heavy atom. The average Bonchev–Trinajstić information content (AvgIpc) is 3.39.